The van der Waals surface area contributed by atoms with Crippen molar-refractivity contribution in [3.63, 3.8) is 0 Å². The molecule has 0 atom stereocenters. The number of carbonyl (C=O) groups is 4. The molecule has 8 nitrogen and oxygen atoms in total. The Morgan fingerprint density at radius 1 is 0.939 bits per heavy atom. The van der Waals surface area contributed by atoms with Crippen LogP contribution in [0.5, 0.6) is 5.75 Å². The Bertz CT molecular complexity index is 1270. The minimum atomic E-state index is -1.23. The number of hydrogen-bond acceptors (Lipinski definition) is 5. The van der Waals surface area contributed by atoms with E-state index in [1.165, 1.54) is 48.4 Å². The van der Waals surface area contributed by atoms with Crippen LogP contribution in [-0.4, -0.2) is 47.4 Å². The second-order valence-corrected chi connectivity index (χ2v) is 7.43. The highest BCUT2D eigenvalue weighted by atomic mass is 16.5. The summed E-state index contributed by atoms with van der Waals surface area (Å²) in [4.78, 5) is 51.1. The fourth-order valence-corrected chi connectivity index (χ4v) is 3.65. The van der Waals surface area contributed by atoms with Gasteiger partial charge in [0.2, 0.25) is 0 Å². The summed E-state index contributed by atoms with van der Waals surface area (Å²) >= 11 is 0. The van der Waals surface area contributed by atoms with E-state index in [4.69, 9.17) is 4.74 Å². The number of anilines is 1. The monoisotopic (exact) mass is 444 g/mol. The predicted molar refractivity (Wildman–Crippen MR) is 120 cm³/mol. The fraction of sp³-hybridized carbons (Fsp3) is 0.120. The van der Waals surface area contributed by atoms with Crippen LogP contribution in [0.3, 0.4) is 0 Å². The number of ether oxygens (including phenoxy) is 1. The van der Waals surface area contributed by atoms with Crippen LogP contribution in [0.4, 0.5) is 5.69 Å². The van der Waals surface area contributed by atoms with Crippen molar-refractivity contribution in [1.82, 2.24) is 4.90 Å². The number of rotatable bonds is 7. The van der Waals surface area contributed by atoms with Crippen molar-refractivity contribution in [1.29, 1.82) is 0 Å². The maximum Gasteiger partial charge on any atom is 0.337 e. The number of benzene rings is 3. The molecule has 0 aliphatic carbocycles. The molecular formula is C25H20N2O6. The van der Waals surface area contributed by atoms with Crippen molar-refractivity contribution in [3.05, 3.63) is 94.5 Å². The van der Waals surface area contributed by atoms with Crippen LogP contribution >= 0.6 is 0 Å². The third kappa shape index (κ3) is 4.31. The number of fused-ring (bicyclic) bond motifs is 1. The zero-order valence-corrected chi connectivity index (χ0v) is 17.7. The topological polar surface area (TPSA) is 113 Å². The normalized spacial score (nSPS) is 12.5. The average Bonchev–Trinajstić information content (AvgIpc) is 3.07. The van der Waals surface area contributed by atoms with Crippen LogP contribution in [0.1, 0.15) is 47.0 Å². The minimum absolute atomic E-state index is 0.0840. The van der Waals surface area contributed by atoms with Crippen molar-refractivity contribution in [2.45, 2.75) is 6.42 Å². The number of carbonyl (C=O) groups excluding carboxylic acids is 3. The molecule has 0 radical (unpaired) electrons. The lowest BCUT2D eigenvalue weighted by molar-refractivity contribution is 0.0652. The summed E-state index contributed by atoms with van der Waals surface area (Å²) in [6.45, 7) is 0.228. The molecule has 3 amide bonds. The Morgan fingerprint density at radius 2 is 1.67 bits per heavy atom. The lowest BCUT2D eigenvalue weighted by atomic mass is 10.0. The van der Waals surface area contributed by atoms with Gasteiger partial charge in [0.15, 0.2) is 0 Å². The van der Waals surface area contributed by atoms with E-state index in [1.807, 2.05) is 30.3 Å². The lowest BCUT2D eigenvalue weighted by Gasteiger charge is -2.13. The first-order valence-corrected chi connectivity index (χ1v) is 10.2. The van der Waals surface area contributed by atoms with Crippen molar-refractivity contribution >= 4 is 29.4 Å². The standard InChI is InChI=1S/C25H20N2O6/c1-33-17-8-10-21(20(14-17)25(31)32)26-22(28)16-7-9-18-19(13-16)24(30)27(23(18)29)12-11-15-5-3-2-4-6-15/h2-10,13-14H,11-12H2,1H3,(H,26,28)(H,31,32). The van der Waals surface area contributed by atoms with Crippen LogP contribution < -0.4 is 10.1 Å². The van der Waals surface area contributed by atoms with Crippen LogP contribution in [0.15, 0.2) is 66.7 Å². The Morgan fingerprint density at radius 3 is 2.36 bits per heavy atom. The van der Waals surface area contributed by atoms with Gasteiger partial charge in [-0.3, -0.25) is 19.3 Å². The third-order valence-electron chi connectivity index (χ3n) is 5.41. The summed E-state index contributed by atoms with van der Waals surface area (Å²) in [5, 5.41) is 12.0. The van der Waals surface area contributed by atoms with Crippen molar-refractivity contribution < 1.29 is 29.0 Å². The number of carboxylic acid groups (broad SMARTS) is 1. The summed E-state index contributed by atoms with van der Waals surface area (Å²) < 4.78 is 5.03. The molecule has 1 aliphatic rings. The number of nitrogens with zero attached hydrogens (tertiary/aromatic N) is 1. The van der Waals surface area contributed by atoms with E-state index in [2.05, 4.69) is 5.32 Å². The number of aromatic carboxylic acids is 1. The summed E-state index contributed by atoms with van der Waals surface area (Å²) in [5.41, 5.74) is 1.46. The first-order chi connectivity index (χ1) is 15.9. The maximum atomic E-state index is 12.9. The van der Waals surface area contributed by atoms with E-state index in [0.29, 0.717) is 12.2 Å². The second kappa shape index (κ2) is 8.96. The van der Waals surface area contributed by atoms with Gasteiger partial charge in [-0.1, -0.05) is 30.3 Å². The largest absolute Gasteiger partial charge is 0.497 e. The first-order valence-electron chi connectivity index (χ1n) is 10.2. The van der Waals surface area contributed by atoms with Gasteiger partial charge in [0.25, 0.3) is 17.7 Å². The zero-order valence-electron chi connectivity index (χ0n) is 17.7. The van der Waals surface area contributed by atoms with Crippen LogP contribution in [0.2, 0.25) is 0 Å². The van der Waals surface area contributed by atoms with Gasteiger partial charge < -0.3 is 15.2 Å². The van der Waals surface area contributed by atoms with Gasteiger partial charge >= 0.3 is 5.97 Å². The lowest BCUT2D eigenvalue weighted by Crippen LogP contribution is -2.31. The fourth-order valence-electron chi connectivity index (χ4n) is 3.65. The molecule has 1 heterocycles. The van der Waals surface area contributed by atoms with Gasteiger partial charge in [0, 0.05) is 12.1 Å². The van der Waals surface area contributed by atoms with Gasteiger partial charge in [0.1, 0.15) is 5.75 Å². The minimum Gasteiger partial charge on any atom is -0.497 e. The molecule has 8 heteroatoms. The summed E-state index contributed by atoms with van der Waals surface area (Å²) in [6, 6.07) is 18.0. The zero-order chi connectivity index (χ0) is 23.5. The average molecular weight is 444 g/mol. The number of hydrogen-bond donors (Lipinski definition) is 2. The molecule has 0 saturated heterocycles. The molecule has 33 heavy (non-hydrogen) atoms. The molecule has 0 saturated carbocycles. The second-order valence-electron chi connectivity index (χ2n) is 7.43. The highest BCUT2D eigenvalue weighted by Gasteiger charge is 2.35. The van der Waals surface area contributed by atoms with Crippen LogP contribution in [0, 0.1) is 0 Å². The molecule has 0 bridgehead atoms. The smallest absolute Gasteiger partial charge is 0.337 e. The van der Waals surface area contributed by atoms with E-state index >= 15 is 0 Å². The number of nitrogens with one attached hydrogen (secondary N) is 1. The number of methoxy groups -OCH3 is 1. The predicted octanol–water partition coefficient (Wildman–Crippen LogP) is 3.48. The van der Waals surface area contributed by atoms with Crippen LogP contribution in [0.25, 0.3) is 0 Å². The molecule has 2 N–H and O–H groups in total. The van der Waals surface area contributed by atoms with Crippen molar-refractivity contribution in [3.8, 4) is 5.75 Å². The molecule has 0 spiro atoms. The summed E-state index contributed by atoms with van der Waals surface area (Å²) in [5.74, 6) is -2.36. The number of imide groups is 1. The molecule has 3 aromatic rings. The SMILES string of the molecule is COc1ccc(NC(=O)c2ccc3c(c2)C(=O)N(CCc2ccccc2)C3=O)c(C(=O)O)c1. The van der Waals surface area contributed by atoms with E-state index < -0.39 is 23.7 Å². The maximum absolute atomic E-state index is 12.9. The Balaban J connectivity index is 1.53. The van der Waals surface area contributed by atoms with Crippen molar-refractivity contribution in [2.75, 3.05) is 19.0 Å². The van der Waals surface area contributed by atoms with E-state index in [9.17, 15) is 24.3 Å². The Labute approximate surface area is 189 Å². The van der Waals surface area contributed by atoms with Gasteiger partial charge in [-0.2, -0.15) is 0 Å². The summed E-state index contributed by atoms with van der Waals surface area (Å²) in [7, 11) is 1.41. The first kappa shape index (κ1) is 21.8. The summed E-state index contributed by atoms with van der Waals surface area (Å²) in [6.07, 6.45) is 0.523. The van der Waals surface area contributed by atoms with Gasteiger partial charge in [0.05, 0.1) is 29.5 Å². The van der Waals surface area contributed by atoms with Crippen molar-refractivity contribution in [2.24, 2.45) is 0 Å². The highest BCUT2D eigenvalue weighted by molar-refractivity contribution is 6.22. The molecule has 166 valence electrons. The van der Waals surface area contributed by atoms with E-state index in [-0.39, 0.29) is 34.5 Å². The highest BCUT2D eigenvalue weighted by Crippen LogP contribution is 2.26. The quantitative estimate of drug-likeness (QED) is 0.540. The molecule has 4 rings (SSSR count). The van der Waals surface area contributed by atoms with E-state index in [1.54, 1.807) is 0 Å². The van der Waals surface area contributed by atoms with E-state index in [0.717, 1.165) is 5.56 Å². The van der Waals surface area contributed by atoms with Crippen LogP contribution in [-0.2, 0) is 6.42 Å². The molecule has 0 aromatic heterocycles. The van der Waals surface area contributed by atoms with Gasteiger partial charge in [-0.05, 0) is 48.4 Å². The molecule has 0 unspecified atom stereocenters. The number of amides is 3. The molecule has 1 aliphatic heterocycles. The third-order valence-corrected chi connectivity index (χ3v) is 5.41. The molecule has 0 fully saturated rings. The Kier molecular flexibility index (Phi) is 5.91. The van der Waals surface area contributed by atoms with Gasteiger partial charge in [-0.25, -0.2) is 4.79 Å². The molecule has 3 aromatic carbocycles. The number of carboxylic acids is 1. The molecular weight excluding hydrogens is 424 g/mol. The Hall–Kier alpha value is -4.46. The van der Waals surface area contributed by atoms with Gasteiger partial charge in [-0.15, -0.1) is 0 Å².